The van der Waals surface area contributed by atoms with Gasteiger partial charge in [0.1, 0.15) is 4.90 Å². The molecule has 0 aliphatic heterocycles. The lowest BCUT2D eigenvalue weighted by molar-refractivity contribution is 0.0600. The fourth-order valence-electron chi connectivity index (χ4n) is 1.61. The van der Waals surface area contributed by atoms with Crippen LogP contribution in [-0.2, 0) is 21.3 Å². The van der Waals surface area contributed by atoms with E-state index in [1.807, 2.05) is 0 Å². The Morgan fingerprint density at radius 1 is 1.48 bits per heavy atom. The molecule has 7 nitrogen and oxygen atoms in total. The molecule has 0 saturated carbocycles. The lowest BCUT2D eigenvalue weighted by atomic mass is 10.2. The van der Waals surface area contributed by atoms with Crippen molar-refractivity contribution in [2.45, 2.75) is 11.4 Å². The Bertz CT molecular complexity index is 742. The Balaban J connectivity index is 2.21. The molecule has 0 aliphatic carbocycles. The molecule has 0 spiro atoms. The molecule has 0 atom stereocenters. The van der Waals surface area contributed by atoms with Gasteiger partial charge < -0.3 is 10.5 Å². The molecule has 9 heteroatoms. The second kappa shape index (κ2) is 6.20. The first kappa shape index (κ1) is 15.4. The number of aromatic nitrogens is 1. The van der Waals surface area contributed by atoms with Gasteiger partial charge in [0, 0.05) is 5.38 Å². The second-order valence-corrected chi connectivity index (χ2v) is 6.50. The van der Waals surface area contributed by atoms with Gasteiger partial charge in [0.25, 0.3) is 0 Å². The van der Waals surface area contributed by atoms with Crippen molar-refractivity contribution in [2.24, 2.45) is 0 Å². The molecular formula is C12H13N3O4S2. The molecular weight excluding hydrogens is 314 g/mol. The van der Waals surface area contributed by atoms with Gasteiger partial charge in [0.15, 0.2) is 0 Å². The van der Waals surface area contributed by atoms with Crippen LogP contribution in [-0.4, -0.2) is 26.5 Å². The molecule has 2 aromatic rings. The van der Waals surface area contributed by atoms with Gasteiger partial charge >= 0.3 is 5.97 Å². The van der Waals surface area contributed by atoms with Gasteiger partial charge in [0.2, 0.25) is 10.0 Å². The van der Waals surface area contributed by atoms with Crippen LogP contribution in [0.25, 0.3) is 0 Å². The summed E-state index contributed by atoms with van der Waals surface area (Å²) in [6, 6.07) is 3.88. The molecule has 0 unspecified atom stereocenters. The molecule has 0 radical (unpaired) electrons. The summed E-state index contributed by atoms with van der Waals surface area (Å²) in [5.41, 5.74) is 8.11. The Labute approximate surface area is 125 Å². The van der Waals surface area contributed by atoms with Gasteiger partial charge in [0.05, 0.1) is 36.1 Å². The predicted molar refractivity (Wildman–Crippen MR) is 78.3 cm³/mol. The number of rotatable bonds is 5. The number of nitrogens with one attached hydrogen (secondary N) is 1. The largest absolute Gasteiger partial charge is 0.465 e. The van der Waals surface area contributed by atoms with Crippen LogP contribution in [0.5, 0.6) is 0 Å². The van der Waals surface area contributed by atoms with Gasteiger partial charge in [-0.1, -0.05) is 0 Å². The third kappa shape index (κ3) is 3.57. The maximum Gasteiger partial charge on any atom is 0.337 e. The summed E-state index contributed by atoms with van der Waals surface area (Å²) in [5, 5.41) is 1.74. The summed E-state index contributed by atoms with van der Waals surface area (Å²) in [4.78, 5) is 15.2. The normalized spacial score (nSPS) is 11.3. The first-order valence-electron chi connectivity index (χ1n) is 5.78. The zero-order valence-corrected chi connectivity index (χ0v) is 12.7. The summed E-state index contributed by atoms with van der Waals surface area (Å²) in [7, 11) is -2.54. The molecule has 21 heavy (non-hydrogen) atoms. The van der Waals surface area contributed by atoms with E-state index in [4.69, 9.17) is 5.73 Å². The topological polar surface area (TPSA) is 111 Å². The van der Waals surface area contributed by atoms with E-state index in [1.54, 1.807) is 10.9 Å². The Kier molecular flexibility index (Phi) is 4.56. The minimum atomic E-state index is -3.78. The summed E-state index contributed by atoms with van der Waals surface area (Å²) in [5.74, 6) is -0.582. The van der Waals surface area contributed by atoms with Crippen LogP contribution < -0.4 is 10.5 Å². The number of carbonyl (C=O) groups excluding carboxylic acids is 1. The van der Waals surface area contributed by atoms with Crippen molar-refractivity contribution < 1.29 is 17.9 Å². The highest BCUT2D eigenvalue weighted by molar-refractivity contribution is 7.89. The van der Waals surface area contributed by atoms with Crippen LogP contribution >= 0.6 is 11.3 Å². The molecule has 1 aromatic heterocycles. The number of hydrogen-bond donors (Lipinski definition) is 2. The van der Waals surface area contributed by atoms with E-state index in [0.717, 1.165) is 0 Å². The Morgan fingerprint density at radius 2 is 2.24 bits per heavy atom. The van der Waals surface area contributed by atoms with Gasteiger partial charge in [-0.2, -0.15) is 0 Å². The second-order valence-electron chi connectivity index (χ2n) is 4.05. The van der Waals surface area contributed by atoms with E-state index >= 15 is 0 Å². The van der Waals surface area contributed by atoms with Crippen LogP contribution in [0.3, 0.4) is 0 Å². The van der Waals surface area contributed by atoms with E-state index in [2.05, 4.69) is 14.4 Å². The van der Waals surface area contributed by atoms with Gasteiger partial charge in [-0.15, -0.1) is 11.3 Å². The van der Waals surface area contributed by atoms with Crippen LogP contribution in [0.1, 0.15) is 16.1 Å². The maximum absolute atomic E-state index is 12.2. The molecule has 0 amide bonds. The smallest absolute Gasteiger partial charge is 0.337 e. The summed E-state index contributed by atoms with van der Waals surface area (Å²) in [6.07, 6.45) is 0. The average Bonchev–Trinajstić information content (AvgIpc) is 2.97. The summed E-state index contributed by atoms with van der Waals surface area (Å²) in [6.45, 7) is 0.0734. The molecule has 1 heterocycles. The third-order valence-corrected chi connectivity index (χ3v) is 4.76. The van der Waals surface area contributed by atoms with Crippen molar-refractivity contribution in [1.29, 1.82) is 0 Å². The molecule has 3 N–H and O–H groups in total. The number of nitrogens with two attached hydrogens (primary N) is 1. The van der Waals surface area contributed by atoms with Crippen molar-refractivity contribution in [3.8, 4) is 0 Å². The quantitative estimate of drug-likeness (QED) is 0.626. The number of methoxy groups -OCH3 is 1. The van der Waals surface area contributed by atoms with Crippen molar-refractivity contribution in [2.75, 3.05) is 12.8 Å². The molecule has 1 aromatic carbocycles. The zero-order chi connectivity index (χ0) is 15.5. The number of nitrogen functional groups attached to an aromatic ring is 1. The van der Waals surface area contributed by atoms with Gasteiger partial charge in [-0.3, -0.25) is 0 Å². The highest BCUT2D eigenvalue weighted by Gasteiger charge is 2.19. The van der Waals surface area contributed by atoms with Crippen molar-refractivity contribution >= 4 is 33.0 Å². The van der Waals surface area contributed by atoms with Crippen LogP contribution in [0.4, 0.5) is 5.69 Å². The molecule has 0 bridgehead atoms. The van der Waals surface area contributed by atoms with E-state index in [1.165, 1.54) is 36.6 Å². The monoisotopic (exact) mass is 327 g/mol. The molecule has 112 valence electrons. The summed E-state index contributed by atoms with van der Waals surface area (Å²) < 4.78 is 31.3. The predicted octanol–water partition coefficient (Wildman–Crippen LogP) is 0.990. The van der Waals surface area contributed by atoms with E-state index in [-0.39, 0.29) is 22.7 Å². The number of thiazole rings is 1. The minimum Gasteiger partial charge on any atom is -0.465 e. The molecule has 0 saturated heterocycles. The zero-order valence-electron chi connectivity index (χ0n) is 11.1. The molecule has 0 fully saturated rings. The maximum atomic E-state index is 12.2. The lowest BCUT2D eigenvalue weighted by Gasteiger charge is -2.09. The number of sulfonamides is 1. The molecule has 2 rings (SSSR count). The number of nitrogens with zero attached hydrogens (tertiary/aromatic N) is 1. The third-order valence-electron chi connectivity index (χ3n) is 2.65. The first-order chi connectivity index (χ1) is 9.94. The number of esters is 1. The van der Waals surface area contributed by atoms with Crippen molar-refractivity contribution in [3.05, 3.63) is 40.3 Å². The Morgan fingerprint density at radius 3 is 2.81 bits per heavy atom. The van der Waals surface area contributed by atoms with Crippen molar-refractivity contribution in [3.63, 3.8) is 0 Å². The number of anilines is 1. The van der Waals surface area contributed by atoms with Gasteiger partial charge in [-0.25, -0.2) is 22.9 Å². The van der Waals surface area contributed by atoms with Crippen molar-refractivity contribution in [1.82, 2.24) is 9.71 Å². The highest BCUT2D eigenvalue weighted by Crippen LogP contribution is 2.20. The standard InChI is InChI=1S/C12H13N3O4S2/c1-19-12(16)8-2-3-11(10(13)4-8)21(17,18)15-5-9-6-20-7-14-9/h2-4,6-7,15H,5,13H2,1H3. The van der Waals surface area contributed by atoms with E-state index in [0.29, 0.717) is 5.69 Å². The number of carbonyl (C=O) groups is 1. The lowest BCUT2D eigenvalue weighted by Crippen LogP contribution is -2.24. The summed E-state index contributed by atoms with van der Waals surface area (Å²) >= 11 is 1.37. The number of ether oxygens (including phenoxy) is 1. The highest BCUT2D eigenvalue weighted by atomic mass is 32.2. The SMILES string of the molecule is COC(=O)c1ccc(S(=O)(=O)NCc2cscn2)c(N)c1. The molecule has 0 aliphatic rings. The first-order valence-corrected chi connectivity index (χ1v) is 8.21. The average molecular weight is 327 g/mol. The van der Waals surface area contributed by atoms with Gasteiger partial charge in [-0.05, 0) is 18.2 Å². The van der Waals surface area contributed by atoms with Crippen LogP contribution in [0.15, 0.2) is 34.0 Å². The fourth-order valence-corrected chi connectivity index (χ4v) is 3.28. The van der Waals surface area contributed by atoms with Crippen LogP contribution in [0, 0.1) is 0 Å². The number of benzene rings is 1. The number of hydrogen-bond acceptors (Lipinski definition) is 7. The fraction of sp³-hybridized carbons (Fsp3) is 0.167. The Hall–Kier alpha value is -1.97. The van der Waals surface area contributed by atoms with E-state index < -0.39 is 16.0 Å². The van der Waals surface area contributed by atoms with Crippen LogP contribution in [0.2, 0.25) is 0 Å². The minimum absolute atomic E-state index is 0.0244. The van der Waals surface area contributed by atoms with E-state index in [9.17, 15) is 13.2 Å².